The van der Waals surface area contributed by atoms with Crippen LogP contribution in [-0.4, -0.2) is 32.8 Å². The molecule has 0 spiro atoms. The first-order valence-electron chi connectivity index (χ1n) is 9.36. The Labute approximate surface area is 214 Å². The Hall–Kier alpha value is -0.210. The summed E-state index contributed by atoms with van der Waals surface area (Å²) in [5, 5.41) is 0. The van der Waals surface area contributed by atoms with Crippen molar-refractivity contribution in [3.63, 3.8) is 0 Å². The molecule has 12 heteroatoms. The van der Waals surface area contributed by atoms with E-state index < -0.39 is 7.59 Å². The normalized spacial score (nSPS) is 15.7. The Morgan fingerprint density at radius 3 is 2.10 bits per heavy atom. The Morgan fingerprint density at radius 1 is 0.935 bits per heavy atom. The fourth-order valence-electron chi connectivity index (χ4n) is 3.07. The molecule has 1 aromatic heterocycles. The van der Waals surface area contributed by atoms with Gasteiger partial charge in [0.1, 0.15) is 6.10 Å². The van der Waals surface area contributed by atoms with Crippen molar-refractivity contribution in [2.45, 2.75) is 50.7 Å². The van der Waals surface area contributed by atoms with Gasteiger partial charge in [0.05, 0.1) is 5.75 Å². The number of aromatic nitrogens is 3. The van der Waals surface area contributed by atoms with Crippen LogP contribution in [0.25, 0.3) is 11.4 Å². The molecule has 0 bridgehead atoms. The van der Waals surface area contributed by atoms with Gasteiger partial charge in [-0.15, -0.1) is 11.8 Å². The molecule has 0 N–H and O–H groups in total. The lowest BCUT2D eigenvalue weighted by molar-refractivity contribution is -0.147. The maximum atomic E-state index is 12.3. The zero-order valence-electron chi connectivity index (χ0n) is 16.0. The number of nitrogens with zero attached hydrogens (tertiary/aromatic N) is 3. The molecule has 0 atom stereocenters. The minimum absolute atomic E-state index is 0.000637. The molecule has 0 saturated heterocycles. The Bertz CT molecular complexity index is 897. The van der Waals surface area contributed by atoms with Gasteiger partial charge in [0.2, 0.25) is 7.59 Å². The predicted octanol–water partition coefficient (Wildman–Crippen LogP) is 7.16. The van der Waals surface area contributed by atoms with Crippen LogP contribution < -0.4 is 0 Å². The monoisotopic (exact) mass is 561 g/mol. The average molecular weight is 564 g/mol. The highest BCUT2D eigenvalue weighted by atomic mass is 35.6. The number of thioether (sulfide) groups is 1. The highest BCUT2D eigenvalue weighted by Gasteiger charge is 2.34. The molecule has 1 aromatic carbocycles. The lowest BCUT2D eigenvalue weighted by Crippen LogP contribution is -2.21. The minimum Gasteiger partial charge on any atom is -0.462 e. The van der Waals surface area contributed by atoms with Crippen LogP contribution in [0.3, 0.4) is 0 Å². The summed E-state index contributed by atoms with van der Waals surface area (Å²) >= 11 is 37.0. The van der Waals surface area contributed by atoms with Crippen molar-refractivity contribution in [2.75, 3.05) is 5.75 Å². The first-order valence-corrected chi connectivity index (χ1v) is 12.6. The van der Waals surface area contributed by atoms with E-state index in [1.54, 1.807) is 12.1 Å². The second kappa shape index (κ2) is 10.8. The predicted molar refractivity (Wildman–Crippen MR) is 127 cm³/mol. The number of benzene rings is 1. The number of ether oxygens (including phenoxy) is 1. The summed E-state index contributed by atoms with van der Waals surface area (Å²) in [6, 6.07) is 7.19. The highest BCUT2D eigenvalue weighted by Crippen LogP contribution is 2.41. The molecule has 1 aliphatic rings. The summed E-state index contributed by atoms with van der Waals surface area (Å²) in [5.74, 6) is -0.346. The average Bonchev–Trinajstić information content (AvgIpc) is 2.71. The number of esters is 1. The molecular weight excluding hydrogens is 547 g/mol. The van der Waals surface area contributed by atoms with E-state index in [1.165, 1.54) is 18.2 Å². The van der Waals surface area contributed by atoms with Crippen molar-refractivity contribution < 1.29 is 9.53 Å². The Balaban J connectivity index is 1.84. The maximum Gasteiger partial charge on any atom is 0.316 e. The lowest BCUT2D eigenvalue weighted by Gasteiger charge is -2.21. The maximum absolute atomic E-state index is 12.3. The molecule has 0 radical (unpaired) electrons. The molecule has 1 saturated carbocycles. The molecule has 0 aliphatic heterocycles. The molecule has 2 aromatic rings. The van der Waals surface area contributed by atoms with E-state index in [0.29, 0.717) is 5.56 Å². The summed E-state index contributed by atoms with van der Waals surface area (Å²) in [6.45, 7) is 0. The van der Waals surface area contributed by atoms with Gasteiger partial charge in [-0.3, -0.25) is 4.79 Å². The van der Waals surface area contributed by atoms with Crippen molar-refractivity contribution in [3.8, 4) is 11.4 Å². The number of hydrogen-bond donors (Lipinski definition) is 0. The largest absolute Gasteiger partial charge is 0.462 e. The van der Waals surface area contributed by atoms with Crippen molar-refractivity contribution in [2.24, 2.45) is 0 Å². The standard InChI is InChI=1S/C19H17Cl6N3O2S/c20-18(21,22)16-26-15(27-17(28-16)19(23,24)25)12-8-4-5-9-13(12)31-10-14(29)30-11-6-2-1-3-7-11/h4-5,8-9,11H,1-3,6-7,10H2. The van der Waals surface area contributed by atoms with Gasteiger partial charge >= 0.3 is 5.97 Å². The fourth-order valence-corrected chi connectivity index (χ4v) is 4.40. The van der Waals surface area contributed by atoms with Crippen LogP contribution in [0.1, 0.15) is 43.8 Å². The molecule has 1 fully saturated rings. The van der Waals surface area contributed by atoms with Crippen molar-refractivity contribution in [1.29, 1.82) is 0 Å². The van der Waals surface area contributed by atoms with E-state index in [4.69, 9.17) is 74.3 Å². The summed E-state index contributed by atoms with van der Waals surface area (Å²) in [7, 11) is 0. The van der Waals surface area contributed by atoms with Crippen LogP contribution in [0.5, 0.6) is 0 Å². The van der Waals surface area contributed by atoms with Crippen LogP contribution in [0.4, 0.5) is 0 Å². The summed E-state index contributed by atoms with van der Waals surface area (Å²) in [4.78, 5) is 25.5. The lowest BCUT2D eigenvalue weighted by atomic mass is 9.98. The van der Waals surface area contributed by atoms with E-state index in [2.05, 4.69) is 15.0 Å². The van der Waals surface area contributed by atoms with Crippen LogP contribution >= 0.6 is 81.4 Å². The smallest absolute Gasteiger partial charge is 0.316 e. The fraction of sp³-hybridized carbons (Fsp3) is 0.474. The first-order chi connectivity index (χ1) is 14.5. The third-order valence-corrected chi connectivity index (χ3v) is 6.53. The second-order valence-electron chi connectivity index (χ2n) is 6.84. The number of rotatable bonds is 5. The minimum atomic E-state index is -1.95. The van der Waals surface area contributed by atoms with Gasteiger partial charge in [0.25, 0.3) is 0 Å². The molecule has 1 heterocycles. The van der Waals surface area contributed by atoms with Crippen LogP contribution in [0, 0.1) is 0 Å². The van der Waals surface area contributed by atoms with E-state index in [0.717, 1.165) is 30.6 Å². The number of carbonyl (C=O) groups excluding carboxylic acids is 1. The molecule has 0 amide bonds. The van der Waals surface area contributed by atoms with Crippen molar-refractivity contribution >= 4 is 87.3 Å². The van der Waals surface area contributed by atoms with E-state index in [1.807, 2.05) is 12.1 Å². The second-order valence-corrected chi connectivity index (χ2v) is 12.4. The van der Waals surface area contributed by atoms with E-state index in [9.17, 15) is 4.79 Å². The zero-order chi connectivity index (χ0) is 22.6. The molecule has 1 aliphatic carbocycles. The Morgan fingerprint density at radius 2 is 1.52 bits per heavy atom. The van der Waals surface area contributed by atoms with Gasteiger partial charge < -0.3 is 4.74 Å². The van der Waals surface area contributed by atoms with Gasteiger partial charge in [-0.1, -0.05) is 94.2 Å². The molecular formula is C19H17Cl6N3O2S. The molecule has 3 rings (SSSR count). The summed E-state index contributed by atoms with van der Waals surface area (Å²) in [5.41, 5.74) is 0.575. The summed E-state index contributed by atoms with van der Waals surface area (Å²) < 4.78 is 1.68. The zero-order valence-corrected chi connectivity index (χ0v) is 21.3. The van der Waals surface area contributed by atoms with Crippen molar-refractivity contribution in [1.82, 2.24) is 15.0 Å². The molecule has 0 unspecified atom stereocenters. The van der Waals surface area contributed by atoms with Crippen LogP contribution in [0.15, 0.2) is 29.2 Å². The number of hydrogen-bond acceptors (Lipinski definition) is 6. The quantitative estimate of drug-likeness (QED) is 0.218. The molecule has 168 valence electrons. The van der Waals surface area contributed by atoms with Crippen LogP contribution in [0.2, 0.25) is 0 Å². The topological polar surface area (TPSA) is 65.0 Å². The number of carbonyl (C=O) groups is 1. The van der Waals surface area contributed by atoms with Gasteiger partial charge in [-0.05, 0) is 31.7 Å². The molecule has 31 heavy (non-hydrogen) atoms. The third-order valence-electron chi connectivity index (χ3n) is 4.47. The number of alkyl halides is 6. The van der Waals surface area contributed by atoms with E-state index in [-0.39, 0.29) is 35.3 Å². The first kappa shape index (κ1) is 25.4. The van der Waals surface area contributed by atoms with E-state index >= 15 is 0 Å². The molecule has 5 nitrogen and oxygen atoms in total. The third kappa shape index (κ3) is 7.39. The SMILES string of the molecule is O=C(CSc1ccccc1-c1nc(C(Cl)(Cl)Cl)nc(C(Cl)(Cl)Cl)n1)OC1CCCCC1. The van der Waals surface area contributed by atoms with Crippen LogP contribution in [-0.2, 0) is 17.1 Å². The van der Waals surface area contributed by atoms with Gasteiger partial charge in [-0.2, -0.15) is 0 Å². The Kier molecular flexibility index (Phi) is 8.86. The van der Waals surface area contributed by atoms with Gasteiger partial charge in [-0.25, -0.2) is 15.0 Å². The van der Waals surface area contributed by atoms with Gasteiger partial charge in [0.15, 0.2) is 17.5 Å². The van der Waals surface area contributed by atoms with Crippen molar-refractivity contribution in [3.05, 3.63) is 35.9 Å². The highest BCUT2D eigenvalue weighted by molar-refractivity contribution is 8.00. The summed E-state index contributed by atoms with van der Waals surface area (Å²) in [6.07, 6.45) is 5.19. The van der Waals surface area contributed by atoms with Gasteiger partial charge in [0, 0.05) is 10.5 Å². The number of halogens is 6.